The van der Waals surface area contributed by atoms with Crippen molar-refractivity contribution in [3.05, 3.63) is 11.6 Å². The van der Waals surface area contributed by atoms with Crippen molar-refractivity contribution < 1.29 is 29.0 Å². The number of aliphatic hydroxyl groups is 1. The van der Waals surface area contributed by atoms with Gasteiger partial charge in [-0.2, -0.15) is 0 Å². The van der Waals surface area contributed by atoms with E-state index in [2.05, 4.69) is 0 Å². The first kappa shape index (κ1) is 20.8. The Morgan fingerprint density at radius 3 is 2.38 bits per heavy atom. The highest BCUT2D eigenvalue weighted by Crippen LogP contribution is 2.39. The third-order valence-electron chi connectivity index (χ3n) is 5.76. The van der Waals surface area contributed by atoms with Crippen molar-refractivity contribution in [3.63, 3.8) is 0 Å². The number of rotatable bonds is 3. The lowest BCUT2D eigenvalue weighted by Crippen LogP contribution is -2.52. The molecule has 0 amide bonds. The maximum Gasteiger partial charge on any atom is 0.341 e. The van der Waals surface area contributed by atoms with E-state index < -0.39 is 35.0 Å². The highest BCUT2D eigenvalue weighted by atomic mass is 16.7. The molecule has 26 heavy (non-hydrogen) atoms. The van der Waals surface area contributed by atoms with Crippen LogP contribution in [0.5, 0.6) is 0 Å². The summed E-state index contributed by atoms with van der Waals surface area (Å²) < 4.78 is 10.8. The van der Waals surface area contributed by atoms with Crippen molar-refractivity contribution in [3.8, 4) is 0 Å². The number of esters is 1. The minimum absolute atomic E-state index is 0.0234. The molecule has 2 aliphatic rings. The zero-order valence-corrected chi connectivity index (χ0v) is 16.5. The predicted molar refractivity (Wildman–Crippen MR) is 95.4 cm³/mol. The predicted octanol–water partition coefficient (Wildman–Crippen LogP) is 2.37. The van der Waals surface area contributed by atoms with Crippen molar-refractivity contribution in [2.45, 2.75) is 84.2 Å². The van der Waals surface area contributed by atoms with Gasteiger partial charge in [0.15, 0.2) is 22.8 Å². The van der Waals surface area contributed by atoms with Crippen LogP contribution in [0, 0.1) is 11.8 Å². The van der Waals surface area contributed by atoms with E-state index >= 15 is 0 Å². The summed E-state index contributed by atoms with van der Waals surface area (Å²) in [6.07, 6.45) is 0.777. The second kappa shape index (κ2) is 7.24. The van der Waals surface area contributed by atoms with Gasteiger partial charge in [-0.15, -0.1) is 0 Å². The van der Waals surface area contributed by atoms with Gasteiger partial charge in [-0.1, -0.05) is 19.4 Å². The van der Waals surface area contributed by atoms with Gasteiger partial charge in [-0.3, -0.25) is 9.59 Å². The molecule has 6 nitrogen and oxygen atoms in total. The maximum absolute atomic E-state index is 12.7. The fourth-order valence-corrected chi connectivity index (χ4v) is 3.30. The molecule has 0 aromatic heterocycles. The number of hydrogen-bond donors (Lipinski definition) is 1. The summed E-state index contributed by atoms with van der Waals surface area (Å²) in [6, 6.07) is 0. The van der Waals surface area contributed by atoms with Crippen LogP contribution in [0.1, 0.15) is 60.8 Å². The molecule has 1 aliphatic heterocycles. The molecule has 0 radical (unpaired) electrons. The second-order valence-electron chi connectivity index (χ2n) is 8.31. The van der Waals surface area contributed by atoms with Gasteiger partial charge in [0.2, 0.25) is 0 Å². The van der Waals surface area contributed by atoms with Crippen LogP contribution in [-0.4, -0.2) is 46.1 Å². The molecule has 1 aliphatic carbocycles. The van der Waals surface area contributed by atoms with E-state index in [4.69, 9.17) is 9.47 Å². The third kappa shape index (κ3) is 4.07. The molecular weight excluding hydrogens is 336 g/mol. The Morgan fingerprint density at radius 1 is 1.31 bits per heavy atom. The summed E-state index contributed by atoms with van der Waals surface area (Å²) in [5.74, 6) is -1.54. The second-order valence-corrected chi connectivity index (χ2v) is 8.31. The van der Waals surface area contributed by atoms with Gasteiger partial charge in [0.25, 0.3) is 0 Å². The summed E-state index contributed by atoms with van der Waals surface area (Å²) in [5, 5.41) is 10.9. The largest absolute Gasteiger partial charge is 0.457 e. The molecule has 0 saturated carbocycles. The fraction of sp³-hybridized carbons (Fsp3) is 0.750. The first-order valence-electron chi connectivity index (χ1n) is 9.25. The minimum Gasteiger partial charge on any atom is -0.457 e. The molecule has 1 saturated heterocycles. The van der Waals surface area contributed by atoms with Crippen LogP contribution in [0.15, 0.2) is 11.6 Å². The summed E-state index contributed by atoms with van der Waals surface area (Å²) in [6.45, 7) is 10.4. The van der Waals surface area contributed by atoms with Crippen molar-refractivity contribution in [2.75, 3.05) is 0 Å². The number of ether oxygens (including phenoxy) is 2. The van der Waals surface area contributed by atoms with Gasteiger partial charge in [-0.25, -0.2) is 4.79 Å². The molecule has 0 aromatic rings. The number of Topliss-reactive ketones (excluding diaryl/α,β-unsaturated/α-hetero) is 1. The van der Waals surface area contributed by atoms with E-state index in [9.17, 15) is 19.5 Å². The van der Waals surface area contributed by atoms with E-state index in [1.165, 1.54) is 6.92 Å². The number of epoxide rings is 1. The number of hydrogen-bond acceptors (Lipinski definition) is 6. The van der Waals surface area contributed by atoms with Crippen molar-refractivity contribution in [1.82, 2.24) is 0 Å². The van der Waals surface area contributed by atoms with Gasteiger partial charge in [-0.05, 0) is 52.5 Å². The quantitative estimate of drug-likeness (QED) is 0.609. The Bertz CT molecular complexity index is 632. The molecule has 2 rings (SSSR count). The molecule has 1 N–H and O–H groups in total. The molecule has 5 atom stereocenters. The van der Waals surface area contributed by atoms with Gasteiger partial charge in [0.1, 0.15) is 6.10 Å². The Hall–Kier alpha value is -1.53. The van der Waals surface area contributed by atoms with E-state index in [1.54, 1.807) is 19.9 Å². The molecule has 0 spiro atoms. The molecule has 146 valence electrons. The number of allylic oxidation sites excluding steroid dienone is 2. The third-order valence-corrected chi connectivity index (χ3v) is 5.76. The molecule has 0 bridgehead atoms. The molecule has 1 fully saturated rings. The van der Waals surface area contributed by atoms with Crippen LogP contribution >= 0.6 is 0 Å². The van der Waals surface area contributed by atoms with Gasteiger partial charge in [0.05, 0.1) is 6.10 Å². The summed E-state index contributed by atoms with van der Waals surface area (Å²) >= 11 is 0. The van der Waals surface area contributed by atoms with Crippen LogP contribution in [0.2, 0.25) is 0 Å². The van der Waals surface area contributed by atoms with Gasteiger partial charge >= 0.3 is 5.97 Å². The number of ketones is 2. The summed E-state index contributed by atoms with van der Waals surface area (Å²) in [4.78, 5) is 37.8. The van der Waals surface area contributed by atoms with E-state index in [0.717, 1.165) is 5.57 Å². The Balaban J connectivity index is 2.35. The van der Waals surface area contributed by atoms with E-state index in [-0.39, 0.29) is 30.6 Å². The molecule has 0 aromatic carbocycles. The highest BCUT2D eigenvalue weighted by Gasteiger charge is 2.58. The lowest BCUT2D eigenvalue weighted by Gasteiger charge is -2.35. The van der Waals surface area contributed by atoms with E-state index in [1.807, 2.05) is 20.8 Å². The van der Waals surface area contributed by atoms with Gasteiger partial charge in [0, 0.05) is 12.3 Å². The number of carbonyl (C=O) groups is 3. The van der Waals surface area contributed by atoms with Crippen molar-refractivity contribution >= 4 is 17.5 Å². The van der Waals surface area contributed by atoms with Crippen LogP contribution in [0.4, 0.5) is 0 Å². The first-order chi connectivity index (χ1) is 11.9. The highest BCUT2D eigenvalue weighted by molar-refractivity contribution is 5.94. The van der Waals surface area contributed by atoms with Crippen LogP contribution in [0.3, 0.4) is 0 Å². The SMILES string of the molecule is C/C1=C\C(=O)[C@@H](C(C)C)C[C@@H](OC(=O)[C@]2(C)O[C@@H]2C)[C@](C)(O)C(=O)CC1. The zero-order valence-electron chi connectivity index (χ0n) is 16.5. The lowest BCUT2D eigenvalue weighted by atomic mass is 9.78. The monoisotopic (exact) mass is 366 g/mol. The Kier molecular flexibility index (Phi) is 5.78. The molecule has 1 heterocycles. The van der Waals surface area contributed by atoms with Crippen LogP contribution in [-0.2, 0) is 23.9 Å². The van der Waals surface area contributed by atoms with Gasteiger partial charge < -0.3 is 14.6 Å². The van der Waals surface area contributed by atoms with Crippen LogP contribution < -0.4 is 0 Å². The lowest BCUT2D eigenvalue weighted by molar-refractivity contribution is -0.176. The minimum atomic E-state index is -1.85. The number of carbonyl (C=O) groups excluding carboxylic acids is 3. The average molecular weight is 366 g/mol. The zero-order chi connectivity index (χ0) is 19.9. The molecule has 6 heteroatoms. The molecular formula is C20H30O6. The smallest absolute Gasteiger partial charge is 0.341 e. The fourth-order valence-electron chi connectivity index (χ4n) is 3.30. The van der Waals surface area contributed by atoms with Crippen molar-refractivity contribution in [1.29, 1.82) is 0 Å². The summed E-state index contributed by atoms with van der Waals surface area (Å²) in [5.41, 5.74) is -2.09. The Morgan fingerprint density at radius 2 is 1.88 bits per heavy atom. The normalized spacial score (nSPS) is 40.8. The summed E-state index contributed by atoms with van der Waals surface area (Å²) in [7, 11) is 0. The van der Waals surface area contributed by atoms with E-state index in [0.29, 0.717) is 6.42 Å². The Labute approximate surface area is 154 Å². The first-order valence-corrected chi connectivity index (χ1v) is 9.25. The molecule has 0 unspecified atom stereocenters. The average Bonchev–Trinajstić information content (AvgIpc) is 3.15. The maximum atomic E-state index is 12.7. The van der Waals surface area contributed by atoms with Crippen molar-refractivity contribution in [2.24, 2.45) is 11.8 Å². The van der Waals surface area contributed by atoms with Crippen LogP contribution in [0.25, 0.3) is 0 Å². The standard InChI is InChI=1S/C20H30O6/c1-11(2)14-10-17(25-18(23)20(6)13(4)26-20)19(5,24)16(22)8-7-12(3)9-15(14)21/h9,11,13-14,17,24H,7-8,10H2,1-6H3/b12-9+/t13-,14-,17-,19-,20-/m1/s1. The topological polar surface area (TPSA) is 93.2 Å².